The first-order chi connectivity index (χ1) is 11.9. The average Bonchev–Trinajstić information content (AvgIpc) is 2.60. The summed E-state index contributed by atoms with van der Waals surface area (Å²) in [6.07, 6.45) is 1.14. The zero-order valence-electron chi connectivity index (χ0n) is 19.2. The first-order valence-corrected chi connectivity index (χ1v) is 10.1. The summed E-state index contributed by atoms with van der Waals surface area (Å²) in [6, 6.07) is 0. The third-order valence-electron chi connectivity index (χ3n) is 7.50. The Hall–Kier alpha value is -0.976. The fourth-order valence-corrected chi connectivity index (χ4v) is 4.52. The molecule has 0 spiro atoms. The number of rotatable bonds is 3. The molecule has 0 heterocycles. The molecule has 0 unspecified atom stereocenters. The van der Waals surface area contributed by atoms with Crippen molar-refractivity contribution in [2.75, 3.05) is 0 Å². The predicted octanol–water partition coefficient (Wildman–Crippen LogP) is -10.6. The van der Waals surface area contributed by atoms with Gasteiger partial charge in [0.15, 0.2) is 0 Å². The van der Waals surface area contributed by atoms with E-state index in [1.54, 1.807) is 5.56 Å². The molecule has 2 aromatic rings. The van der Waals surface area contributed by atoms with E-state index in [-0.39, 0.29) is 5.41 Å². The van der Waals surface area contributed by atoms with Crippen LogP contribution in [0.2, 0.25) is 0 Å². The molecular weight excluding hydrogens is 301 g/mol. The molecule has 0 aromatic heterocycles. The molecule has 0 aliphatic heterocycles. The van der Waals surface area contributed by atoms with Crippen LogP contribution in [0, 0.1) is 0 Å². The summed E-state index contributed by atoms with van der Waals surface area (Å²) in [7, 11) is 20.7. The smallest absolute Gasteiger partial charge is 0.102 e. The summed E-state index contributed by atoms with van der Waals surface area (Å²) in [5.41, 5.74) is 17.8. The fraction of sp³-hybridized carbons (Fsp3) is 0.294. The first kappa shape index (κ1) is 21.3. The van der Waals surface area contributed by atoms with Crippen LogP contribution in [0.4, 0.5) is 0 Å². The number of benzene rings is 2. The van der Waals surface area contributed by atoms with E-state index in [4.69, 9.17) is 0 Å². The van der Waals surface area contributed by atoms with Gasteiger partial charge in [0.25, 0.3) is 0 Å². The maximum Gasteiger partial charge on any atom is 0.139 e. The lowest BCUT2D eigenvalue weighted by atomic mass is 9.54. The van der Waals surface area contributed by atoms with Gasteiger partial charge in [0.1, 0.15) is 70.6 Å². The maximum atomic E-state index is 2.41. The van der Waals surface area contributed by atoms with E-state index in [2.05, 4.69) is 91.4 Å². The van der Waals surface area contributed by atoms with Crippen LogP contribution in [0.15, 0.2) is 0 Å². The highest BCUT2D eigenvalue weighted by atomic mass is 14.3. The molecule has 0 saturated heterocycles. The normalized spacial score (nSPS) is 11.7. The van der Waals surface area contributed by atoms with Crippen molar-refractivity contribution in [1.29, 1.82) is 0 Å². The summed E-state index contributed by atoms with van der Waals surface area (Å²) in [4.78, 5) is 0. The number of hydrogen-bond acceptors (Lipinski definition) is 0. The molecule has 2 aromatic carbocycles. The third-order valence-corrected chi connectivity index (χ3v) is 7.50. The highest BCUT2D eigenvalue weighted by molar-refractivity contribution is 6.70. The summed E-state index contributed by atoms with van der Waals surface area (Å²) >= 11 is 0. The van der Waals surface area contributed by atoms with Crippen molar-refractivity contribution in [3.05, 3.63) is 5.56 Å². The van der Waals surface area contributed by atoms with Crippen molar-refractivity contribution in [3.63, 3.8) is 0 Å². The van der Waals surface area contributed by atoms with Crippen molar-refractivity contribution in [2.45, 2.75) is 32.6 Å². The van der Waals surface area contributed by atoms with Gasteiger partial charge in [-0.15, -0.1) is 27.3 Å². The number of hydrogen-bond donors (Lipinski definition) is 0. The average molecular weight is 331 g/mol. The van der Waals surface area contributed by atoms with E-state index in [0.29, 0.717) is 0 Å². The summed E-state index contributed by atoms with van der Waals surface area (Å²) in [5.74, 6) is 0. The third kappa shape index (κ3) is 3.10. The van der Waals surface area contributed by atoms with Gasteiger partial charge in [-0.2, -0.15) is 0 Å². The van der Waals surface area contributed by atoms with Gasteiger partial charge in [-0.25, -0.2) is 0 Å². The molecule has 0 atom stereocenters. The van der Waals surface area contributed by atoms with E-state index >= 15 is 0 Å². The molecule has 0 aliphatic carbocycles. The Morgan fingerprint density at radius 2 is 0.808 bits per heavy atom. The predicted molar refractivity (Wildman–Crippen MR) is 149 cm³/mol. The van der Waals surface area contributed by atoms with Crippen LogP contribution in [-0.4, -0.2) is 70.6 Å². The molecule has 9 heteroatoms. The molecular formula is C17H29B9. The zero-order valence-corrected chi connectivity index (χ0v) is 19.2. The van der Waals surface area contributed by atoms with Crippen LogP contribution < -0.4 is 49.2 Å². The maximum absolute atomic E-state index is 2.41. The van der Waals surface area contributed by atoms with Gasteiger partial charge >= 0.3 is 0 Å². The molecule has 0 amide bonds. The van der Waals surface area contributed by atoms with E-state index in [9.17, 15) is 0 Å². The topological polar surface area (TPSA) is 0 Å². The lowest BCUT2D eigenvalue weighted by molar-refractivity contribution is 0.511. The quantitative estimate of drug-likeness (QED) is 0.491. The Morgan fingerprint density at radius 3 is 1.19 bits per heavy atom. The van der Waals surface area contributed by atoms with Gasteiger partial charge in [-0.05, 0) is 28.5 Å². The largest absolute Gasteiger partial charge is 0.139 e. The zero-order chi connectivity index (χ0) is 20.1. The molecule has 0 aliphatic rings. The Kier molecular flexibility index (Phi) is 5.92. The van der Waals surface area contributed by atoms with E-state index in [1.807, 2.05) is 0 Å². The Morgan fingerprint density at radius 1 is 0.500 bits per heavy atom. The molecule has 0 saturated carbocycles. The molecule has 0 radical (unpaired) electrons. The van der Waals surface area contributed by atoms with Gasteiger partial charge in [0.05, 0.1) is 0 Å². The minimum Gasteiger partial charge on any atom is -0.102 e. The van der Waals surface area contributed by atoms with Crippen LogP contribution >= 0.6 is 0 Å². The lowest BCUT2D eigenvalue weighted by Gasteiger charge is -2.35. The first-order valence-electron chi connectivity index (χ1n) is 10.1. The van der Waals surface area contributed by atoms with Crippen LogP contribution in [0.3, 0.4) is 0 Å². The van der Waals surface area contributed by atoms with E-state index in [0.717, 1.165) is 6.42 Å². The monoisotopic (exact) mass is 332 g/mol. The highest BCUT2D eigenvalue weighted by Crippen LogP contribution is 2.30. The van der Waals surface area contributed by atoms with Crippen molar-refractivity contribution in [3.8, 4) is 11.1 Å². The van der Waals surface area contributed by atoms with Crippen LogP contribution in [0.5, 0.6) is 0 Å². The van der Waals surface area contributed by atoms with Crippen LogP contribution in [0.1, 0.15) is 32.8 Å². The van der Waals surface area contributed by atoms with Gasteiger partial charge in [0.2, 0.25) is 0 Å². The van der Waals surface area contributed by atoms with E-state index < -0.39 is 0 Å². The highest BCUT2D eigenvalue weighted by Gasteiger charge is 2.28. The minimum atomic E-state index is 0.161. The standard InChI is InChI=1S/C17H29B9/c1-4-17(2,3)7-5(8(18)12(22)15(25)11(7)21)6-9(19)13(23)16(26)14(24)10(6)20/h4,18-26H2,1-3H3. The van der Waals surface area contributed by atoms with Gasteiger partial charge in [-0.1, -0.05) is 42.6 Å². The van der Waals surface area contributed by atoms with Crippen molar-refractivity contribution < 1.29 is 0 Å². The van der Waals surface area contributed by atoms with Gasteiger partial charge in [0, 0.05) is 0 Å². The molecule has 0 bridgehead atoms. The summed E-state index contributed by atoms with van der Waals surface area (Å²) in [5, 5.41) is 0. The van der Waals surface area contributed by atoms with Gasteiger partial charge in [-0.3, -0.25) is 0 Å². The molecule has 2 rings (SSSR count). The molecule has 0 fully saturated rings. The fourth-order valence-electron chi connectivity index (χ4n) is 4.52. The second kappa shape index (κ2) is 7.21. The minimum absolute atomic E-state index is 0.161. The second-order valence-corrected chi connectivity index (χ2v) is 8.99. The molecule has 26 heavy (non-hydrogen) atoms. The second-order valence-electron chi connectivity index (χ2n) is 8.99. The Balaban J connectivity index is 3.15. The molecule has 124 valence electrons. The van der Waals surface area contributed by atoms with Gasteiger partial charge < -0.3 is 0 Å². The van der Waals surface area contributed by atoms with Crippen molar-refractivity contribution >= 4 is 120 Å². The van der Waals surface area contributed by atoms with Crippen molar-refractivity contribution in [1.82, 2.24) is 0 Å². The van der Waals surface area contributed by atoms with Crippen LogP contribution in [-0.2, 0) is 5.41 Å². The molecule has 0 N–H and O–H groups in total. The van der Waals surface area contributed by atoms with E-state index in [1.165, 1.54) is 60.3 Å². The Bertz CT molecular complexity index is 871. The van der Waals surface area contributed by atoms with Crippen LogP contribution in [0.25, 0.3) is 11.1 Å². The molecule has 0 nitrogen and oxygen atoms in total. The SMILES string of the molecule is Bc1c(B)c(B)c(-c2c(B)c(B)c(B)c(B)c2C(C)(C)CC)c(B)c1B. The van der Waals surface area contributed by atoms with Crippen molar-refractivity contribution in [2.24, 2.45) is 0 Å². The lowest BCUT2D eigenvalue weighted by Crippen LogP contribution is -2.57. The Labute approximate surface area is 169 Å². The summed E-state index contributed by atoms with van der Waals surface area (Å²) < 4.78 is 0. The summed E-state index contributed by atoms with van der Waals surface area (Å²) in [6.45, 7) is 7.14.